The largest absolute Gasteiger partial charge is 0.468 e. The van der Waals surface area contributed by atoms with E-state index >= 15 is 0 Å². The summed E-state index contributed by atoms with van der Waals surface area (Å²) >= 11 is 0. The molecule has 0 saturated heterocycles. The summed E-state index contributed by atoms with van der Waals surface area (Å²) in [6.45, 7) is 1.99. The van der Waals surface area contributed by atoms with Crippen molar-refractivity contribution in [3.8, 4) is 0 Å². The Bertz CT molecular complexity index is 273. The molecule has 0 saturated carbocycles. The second-order valence-electron chi connectivity index (χ2n) is 3.35. The number of esters is 2. The average Bonchev–Trinajstić information content (AvgIpc) is 2.37. The van der Waals surface area contributed by atoms with Crippen molar-refractivity contribution in [2.24, 2.45) is 0 Å². The van der Waals surface area contributed by atoms with Crippen molar-refractivity contribution in [3.63, 3.8) is 0 Å². The van der Waals surface area contributed by atoms with Crippen LogP contribution in [-0.4, -0.2) is 63.3 Å². The Hall–Kier alpha value is -1.63. The number of rotatable bonds is 8. The molecule has 0 rings (SSSR count). The number of amides is 1. The molecule has 0 aliphatic rings. The van der Waals surface area contributed by atoms with Crippen LogP contribution >= 0.6 is 0 Å². The molecule has 104 valence electrons. The van der Waals surface area contributed by atoms with Crippen LogP contribution in [0.4, 0.5) is 0 Å². The highest BCUT2D eigenvalue weighted by Gasteiger charge is 2.20. The summed E-state index contributed by atoms with van der Waals surface area (Å²) in [5, 5.41) is 0. The van der Waals surface area contributed by atoms with Crippen LogP contribution < -0.4 is 0 Å². The van der Waals surface area contributed by atoms with Crippen LogP contribution in [0.5, 0.6) is 0 Å². The molecule has 1 amide bonds. The number of methoxy groups -OCH3 is 2. The van der Waals surface area contributed by atoms with Crippen molar-refractivity contribution in [2.45, 2.75) is 13.3 Å². The molecular formula is C11H19NO6. The monoisotopic (exact) mass is 261 g/mol. The predicted molar refractivity (Wildman–Crippen MR) is 61.7 cm³/mol. The van der Waals surface area contributed by atoms with E-state index in [1.54, 1.807) is 0 Å². The molecule has 0 radical (unpaired) electrons. The fourth-order valence-corrected chi connectivity index (χ4v) is 1.13. The van der Waals surface area contributed by atoms with Crippen molar-refractivity contribution in [1.29, 1.82) is 0 Å². The van der Waals surface area contributed by atoms with Crippen LogP contribution in [0.25, 0.3) is 0 Å². The highest BCUT2D eigenvalue weighted by atomic mass is 16.5. The summed E-state index contributed by atoms with van der Waals surface area (Å²) in [5.74, 6) is -1.55. The SMILES string of the molecule is CCOCCC(=O)N(CC(=O)OC)CC(=O)OC. The molecule has 0 aromatic heterocycles. The molecule has 7 heteroatoms. The van der Waals surface area contributed by atoms with Gasteiger partial charge in [0.25, 0.3) is 0 Å². The molecule has 0 aliphatic heterocycles. The lowest BCUT2D eigenvalue weighted by atomic mass is 10.3. The van der Waals surface area contributed by atoms with Crippen LogP contribution in [0.1, 0.15) is 13.3 Å². The molecule has 0 heterocycles. The summed E-state index contributed by atoms with van der Waals surface area (Å²) < 4.78 is 13.9. The smallest absolute Gasteiger partial charge is 0.325 e. The lowest BCUT2D eigenvalue weighted by Crippen LogP contribution is -2.40. The minimum atomic E-state index is -0.594. The van der Waals surface area contributed by atoms with Gasteiger partial charge in [-0.3, -0.25) is 14.4 Å². The zero-order chi connectivity index (χ0) is 14.0. The summed E-state index contributed by atoms with van der Waals surface area (Å²) in [7, 11) is 2.42. The molecule has 0 aromatic rings. The standard InChI is InChI=1S/C11H19NO6/c1-4-18-6-5-9(13)12(7-10(14)16-2)8-11(15)17-3/h4-8H2,1-3H3. The van der Waals surface area contributed by atoms with E-state index in [0.29, 0.717) is 6.61 Å². The first-order valence-corrected chi connectivity index (χ1v) is 5.54. The number of hydrogen-bond donors (Lipinski definition) is 0. The van der Waals surface area contributed by atoms with E-state index < -0.39 is 11.9 Å². The molecule has 7 nitrogen and oxygen atoms in total. The molecule has 0 unspecified atom stereocenters. The van der Waals surface area contributed by atoms with Crippen molar-refractivity contribution >= 4 is 17.8 Å². The number of carbonyl (C=O) groups excluding carboxylic acids is 3. The van der Waals surface area contributed by atoms with Gasteiger partial charge in [-0.1, -0.05) is 0 Å². The van der Waals surface area contributed by atoms with Gasteiger partial charge in [0.05, 0.1) is 27.2 Å². The van der Waals surface area contributed by atoms with Gasteiger partial charge < -0.3 is 19.1 Å². The van der Waals surface area contributed by atoms with E-state index in [4.69, 9.17) is 4.74 Å². The Balaban J connectivity index is 4.38. The second kappa shape index (κ2) is 9.41. The van der Waals surface area contributed by atoms with Crippen molar-refractivity contribution in [2.75, 3.05) is 40.5 Å². The van der Waals surface area contributed by atoms with Gasteiger partial charge in [-0.05, 0) is 6.92 Å². The van der Waals surface area contributed by atoms with E-state index in [-0.39, 0.29) is 32.0 Å². The van der Waals surface area contributed by atoms with E-state index in [1.807, 2.05) is 6.92 Å². The third-order valence-corrected chi connectivity index (χ3v) is 2.11. The maximum atomic E-state index is 11.8. The third-order valence-electron chi connectivity index (χ3n) is 2.11. The van der Waals surface area contributed by atoms with Gasteiger partial charge >= 0.3 is 11.9 Å². The highest BCUT2D eigenvalue weighted by Crippen LogP contribution is 1.97. The van der Waals surface area contributed by atoms with Crippen molar-refractivity contribution in [1.82, 2.24) is 4.90 Å². The van der Waals surface area contributed by atoms with Crippen LogP contribution in [0.2, 0.25) is 0 Å². The predicted octanol–water partition coefficient (Wildman–Crippen LogP) is -0.412. The Morgan fingerprint density at radius 3 is 1.89 bits per heavy atom. The summed E-state index contributed by atoms with van der Waals surface area (Å²) in [6, 6.07) is 0. The Morgan fingerprint density at radius 2 is 1.50 bits per heavy atom. The van der Waals surface area contributed by atoms with Gasteiger partial charge in [-0.2, -0.15) is 0 Å². The quantitative estimate of drug-likeness (QED) is 0.436. The van der Waals surface area contributed by atoms with E-state index in [2.05, 4.69) is 9.47 Å². The van der Waals surface area contributed by atoms with Crippen LogP contribution in [-0.2, 0) is 28.6 Å². The first-order valence-electron chi connectivity index (χ1n) is 5.54. The van der Waals surface area contributed by atoms with Crippen molar-refractivity contribution < 1.29 is 28.6 Å². The number of ether oxygens (including phenoxy) is 3. The van der Waals surface area contributed by atoms with Gasteiger partial charge in [-0.25, -0.2) is 0 Å². The Labute approximate surface area is 106 Å². The maximum absolute atomic E-state index is 11.8. The molecule has 0 spiro atoms. The Kier molecular flexibility index (Phi) is 8.55. The topological polar surface area (TPSA) is 82.1 Å². The van der Waals surface area contributed by atoms with Gasteiger partial charge in [-0.15, -0.1) is 0 Å². The van der Waals surface area contributed by atoms with E-state index in [9.17, 15) is 14.4 Å². The minimum Gasteiger partial charge on any atom is -0.468 e. The molecule has 0 N–H and O–H groups in total. The van der Waals surface area contributed by atoms with Crippen molar-refractivity contribution in [3.05, 3.63) is 0 Å². The fourth-order valence-electron chi connectivity index (χ4n) is 1.13. The van der Waals surface area contributed by atoms with Gasteiger partial charge in [0, 0.05) is 6.61 Å². The summed E-state index contributed by atoms with van der Waals surface area (Å²) in [5.41, 5.74) is 0. The maximum Gasteiger partial charge on any atom is 0.325 e. The lowest BCUT2D eigenvalue weighted by Gasteiger charge is -2.19. The molecule has 0 fully saturated rings. The highest BCUT2D eigenvalue weighted by molar-refractivity contribution is 5.86. The number of nitrogens with zero attached hydrogens (tertiary/aromatic N) is 1. The fraction of sp³-hybridized carbons (Fsp3) is 0.727. The minimum absolute atomic E-state index is 0.0990. The second-order valence-corrected chi connectivity index (χ2v) is 3.35. The van der Waals surface area contributed by atoms with E-state index in [1.165, 1.54) is 14.2 Å². The summed E-state index contributed by atoms with van der Waals surface area (Å²) in [6.07, 6.45) is 0.0990. The zero-order valence-electron chi connectivity index (χ0n) is 10.9. The van der Waals surface area contributed by atoms with Crippen LogP contribution in [0, 0.1) is 0 Å². The summed E-state index contributed by atoms with van der Waals surface area (Å²) in [4.78, 5) is 35.1. The molecular weight excluding hydrogens is 242 g/mol. The van der Waals surface area contributed by atoms with Gasteiger partial charge in [0.15, 0.2) is 0 Å². The van der Waals surface area contributed by atoms with Gasteiger partial charge in [0.2, 0.25) is 5.91 Å². The van der Waals surface area contributed by atoms with Gasteiger partial charge in [0.1, 0.15) is 13.1 Å². The first kappa shape index (κ1) is 16.4. The molecule has 0 aliphatic carbocycles. The third kappa shape index (κ3) is 6.85. The number of carbonyl (C=O) groups is 3. The number of hydrogen-bond acceptors (Lipinski definition) is 6. The van der Waals surface area contributed by atoms with Crippen LogP contribution in [0.3, 0.4) is 0 Å². The van der Waals surface area contributed by atoms with Crippen LogP contribution in [0.15, 0.2) is 0 Å². The van der Waals surface area contributed by atoms with E-state index in [0.717, 1.165) is 4.90 Å². The lowest BCUT2D eigenvalue weighted by molar-refractivity contribution is -0.152. The molecule has 0 atom stereocenters. The zero-order valence-corrected chi connectivity index (χ0v) is 10.9. The molecule has 0 aromatic carbocycles. The molecule has 0 bridgehead atoms. The first-order chi connectivity index (χ1) is 8.54. The average molecular weight is 261 g/mol. The Morgan fingerprint density at radius 1 is 1.00 bits per heavy atom. The normalized spacial score (nSPS) is 9.72. The molecule has 18 heavy (non-hydrogen) atoms.